The van der Waals surface area contributed by atoms with Gasteiger partial charge in [-0.2, -0.15) is 0 Å². The molecular weight excluding hydrogens is 212 g/mol. The third-order valence-electron chi connectivity index (χ3n) is 3.02. The van der Waals surface area contributed by atoms with Crippen LogP contribution in [0.1, 0.15) is 31.9 Å². The average Bonchev–Trinajstić information content (AvgIpc) is 2.30. The molecule has 3 N–H and O–H groups in total. The van der Waals surface area contributed by atoms with Gasteiger partial charge in [-0.1, -0.05) is 26.8 Å². The van der Waals surface area contributed by atoms with Gasteiger partial charge in [0, 0.05) is 5.69 Å². The lowest BCUT2D eigenvalue weighted by molar-refractivity contribution is -0.118. The standard InChI is InChI=1S/C14H22N2O/c1-5-11-8-12(7-6-10(11)4)16-14(17)13(15)9(2)3/h6-9,13H,5,15H2,1-4H3,(H,16,17)/t13-/m1/s1. The predicted molar refractivity (Wildman–Crippen MR) is 72.0 cm³/mol. The molecule has 0 saturated heterocycles. The van der Waals surface area contributed by atoms with E-state index in [1.165, 1.54) is 11.1 Å². The molecule has 1 aromatic rings. The number of anilines is 1. The molecule has 1 atom stereocenters. The molecule has 0 aromatic heterocycles. The van der Waals surface area contributed by atoms with Crippen molar-refractivity contribution in [2.24, 2.45) is 11.7 Å². The number of carbonyl (C=O) groups excluding carboxylic acids is 1. The molecule has 0 radical (unpaired) electrons. The molecule has 1 amide bonds. The highest BCUT2D eigenvalue weighted by Gasteiger charge is 2.17. The first-order chi connectivity index (χ1) is 7.95. The van der Waals surface area contributed by atoms with Gasteiger partial charge in [0.15, 0.2) is 0 Å². The van der Waals surface area contributed by atoms with Crippen LogP contribution in [-0.2, 0) is 11.2 Å². The summed E-state index contributed by atoms with van der Waals surface area (Å²) in [5.74, 6) is 0.0250. The fourth-order valence-electron chi connectivity index (χ4n) is 1.66. The molecule has 0 saturated carbocycles. The van der Waals surface area contributed by atoms with Gasteiger partial charge in [0.05, 0.1) is 6.04 Å². The van der Waals surface area contributed by atoms with Gasteiger partial charge in [-0.25, -0.2) is 0 Å². The Morgan fingerprint density at radius 3 is 2.59 bits per heavy atom. The zero-order valence-electron chi connectivity index (χ0n) is 11.1. The van der Waals surface area contributed by atoms with Crippen molar-refractivity contribution in [2.75, 3.05) is 5.32 Å². The van der Waals surface area contributed by atoms with Crippen molar-refractivity contribution in [2.45, 2.75) is 40.2 Å². The summed E-state index contributed by atoms with van der Waals surface area (Å²) in [5.41, 5.74) is 9.12. The van der Waals surface area contributed by atoms with E-state index in [0.29, 0.717) is 0 Å². The maximum Gasteiger partial charge on any atom is 0.241 e. The molecular formula is C14H22N2O. The summed E-state index contributed by atoms with van der Waals surface area (Å²) in [7, 11) is 0. The van der Waals surface area contributed by atoms with Crippen LogP contribution in [0.3, 0.4) is 0 Å². The highest BCUT2D eigenvalue weighted by atomic mass is 16.2. The van der Waals surface area contributed by atoms with E-state index in [4.69, 9.17) is 5.73 Å². The van der Waals surface area contributed by atoms with Crippen molar-refractivity contribution in [1.29, 1.82) is 0 Å². The van der Waals surface area contributed by atoms with E-state index in [-0.39, 0.29) is 11.8 Å². The minimum Gasteiger partial charge on any atom is -0.325 e. The number of rotatable bonds is 4. The van der Waals surface area contributed by atoms with Gasteiger partial charge in [-0.15, -0.1) is 0 Å². The van der Waals surface area contributed by atoms with Crippen LogP contribution in [0.25, 0.3) is 0 Å². The van der Waals surface area contributed by atoms with E-state index in [2.05, 4.69) is 19.2 Å². The Bertz CT molecular complexity index is 399. The summed E-state index contributed by atoms with van der Waals surface area (Å²) in [6.45, 7) is 8.06. The van der Waals surface area contributed by atoms with Gasteiger partial charge in [0.2, 0.25) is 5.91 Å². The van der Waals surface area contributed by atoms with E-state index < -0.39 is 6.04 Å². The van der Waals surface area contributed by atoms with E-state index >= 15 is 0 Å². The second kappa shape index (κ2) is 5.82. The van der Waals surface area contributed by atoms with Crippen molar-refractivity contribution in [3.8, 4) is 0 Å². The SMILES string of the molecule is CCc1cc(NC(=O)[C@H](N)C(C)C)ccc1C. The number of amides is 1. The van der Waals surface area contributed by atoms with Crippen LogP contribution in [0.5, 0.6) is 0 Å². The van der Waals surface area contributed by atoms with Crippen LogP contribution in [0.15, 0.2) is 18.2 Å². The van der Waals surface area contributed by atoms with E-state index in [1.807, 2.05) is 32.0 Å². The van der Waals surface area contributed by atoms with Crippen molar-refractivity contribution < 1.29 is 4.79 Å². The summed E-state index contributed by atoms with van der Waals surface area (Å²) in [6, 6.07) is 5.50. The van der Waals surface area contributed by atoms with E-state index in [9.17, 15) is 4.79 Å². The number of benzene rings is 1. The summed E-state index contributed by atoms with van der Waals surface area (Å²) < 4.78 is 0. The second-order valence-corrected chi connectivity index (χ2v) is 4.75. The third-order valence-corrected chi connectivity index (χ3v) is 3.02. The smallest absolute Gasteiger partial charge is 0.241 e. The monoisotopic (exact) mass is 234 g/mol. The first-order valence-electron chi connectivity index (χ1n) is 6.11. The fraction of sp³-hybridized carbons (Fsp3) is 0.500. The molecule has 0 aliphatic heterocycles. The zero-order chi connectivity index (χ0) is 13.0. The predicted octanol–water partition coefficient (Wildman–Crippen LogP) is 2.48. The Kier molecular flexibility index (Phi) is 4.70. The Morgan fingerprint density at radius 1 is 1.41 bits per heavy atom. The summed E-state index contributed by atoms with van der Waals surface area (Å²) >= 11 is 0. The van der Waals surface area contributed by atoms with Crippen LogP contribution < -0.4 is 11.1 Å². The molecule has 17 heavy (non-hydrogen) atoms. The number of hydrogen-bond acceptors (Lipinski definition) is 2. The van der Waals surface area contributed by atoms with Crippen LogP contribution in [-0.4, -0.2) is 11.9 Å². The Balaban J connectivity index is 2.78. The van der Waals surface area contributed by atoms with Crippen molar-refractivity contribution in [1.82, 2.24) is 0 Å². The highest BCUT2D eigenvalue weighted by molar-refractivity contribution is 5.94. The fourth-order valence-corrected chi connectivity index (χ4v) is 1.66. The number of hydrogen-bond donors (Lipinski definition) is 2. The Hall–Kier alpha value is -1.35. The Labute approximate surface area is 103 Å². The van der Waals surface area contributed by atoms with Crippen molar-refractivity contribution in [3.05, 3.63) is 29.3 Å². The van der Waals surface area contributed by atoms with E-state index in [1.54, 1.807) is 0 Å². The third kappa shape index (κ3) is 3.56. The van der Waals surface area contributed by atoms with Crippen LogP contribution in [0.4, 0.5) is 5.69 Å². The van der Waals surface area contributed by atoms with Crippen LogP contribution in [0.2, 0.25) is 0 Å². The van der Waals surface area contributed by atoms with Gasteiger partial charge in [0.25, 0.3) is 0 Å². The van der Waals surface area contributed by atoms with Gasteiger partial charge in [-0.3, -0.25) is 4.79 Å². The quantitative estimate of drug-likeness (QED) is 0.841. The molecule has 0 fully saturated rings. The first kappa shape index (κ1) is 13.7. The Morgan fingerprint density at radius 2 is 2.06 bits per heavy atom. The van der Waals surface area contributed by atoms with Gasteiger partial charge >= 0.3 is 0 Å². The largest absolute Gasteiger partial charge is 0.325 e. The van der Waals surface area contributed by atoms with Gasteiger partial charge < -0.3 is 11.1 Å². The normalized spacial score (nSPS) is 12.6. The van der Waals surface area contributed by atoms with Crippen molar-refractivity contribution in [3.63, 3.8) is 0 Å². The molecule has 0 aliphatic carbocycles. The minimum atomic E-state index is -0.457. The average molecular weight is 234 g/mol. The molecule has 1 aromatic carbocycles. The summed E-state index contributed by atoms with van der Waals surface area (Å²) in [4.78, 5) is 11.8. The summed E-state index contributed by atoms with van der Waals surface area (Å²) in [5, 5.41) is 2.86. The van der Waals surface area contributed by atoms with Crippen LogP contribution >= 0.6 is 0 Å². The topological polar surface area (TPSA) is 55.1 Å². The molecule has 1 rings (SSSR count). The lowest BCUT2D eigenvalue weighted by Crippen LogP contribution is -2.39. The maximum absolute atomic E-state index is 11.8. The zero-order valence-corrected chi connectivity index (χ0v) is 11.1. The van der Waals surface area contributed by atoms with Gasteiger partial charge in [-0.05, 0) is 42.5 Å². The second-order valence-electron chi connectivity index (χ2n) is 4.75. The number of aryl methyl sites for hydroxylation is 2. The van der Waals surface area contributed by atoms with Crippen LogP contribution in [0, 0.1) is 12.8 Å². The molecule has 94 valence electrons. The maximum atomic E-state index is 11.8. The minimum absolute atomic E-state index is 0.120. The van der Waals surface area contributed by atoms with E-state index in [0.717, 1.165) is 12.1 Å². The molecule has 3 nitrogen and oxygen atoms in total. The number of nitrogens with one attached hydrogen (secondary N) is 1. The molecule has 0 aliphatic rings. The lowest BCUT2D eigenvalue weighted by Gasteiger charge is -2.16. The molecule has 0 spiro atoms. The molecule has 0 heterocycles. The number of nitrogens with two attached hydrogens (primary N) is 1. The molecule has 0 bridgehead atoms. The number of carbonyl (C=O) groups is 1. The highest BCUT2D eigenvalue weighted by Crippen LogP contribution is 2.16. The molecule has 3 heteroatoms. The first-order valence-corrected chi connectivity index (χ1v) is 6.11. The summed E-state index contributed by atoms with van der Waals surface area (Å²) in [6.07, 6.45) is 0.964. The molecule has 0 unspecified atom stereocenters. The van der Waals surface area contributed by atoms with Crippen molar-refractivity contribution >= 4 is 11.6 Å². The van der Waals surface area contributed by atoms with Gasteiger partial charge in [0.1, 0.15) is 0 Å². The lowest BCUT2D eigenvalue weighted by atomic mass is 10.0.